The molecule has 0 radical (unpaired) electrons. The number of nitrogens with one attached hydrogen (secondary N) is 1. The van der Waals surface area contributed by atoms with Gasteiger partial charge in [-0.1, -0.05) is 25.9 Å². The van der Waals surface area contributed by atoms with Crippen LogP contribution < -0.4 is 11.1 Å². The van der Waals surface area contributed by atoms with Gasteiger partial charge in [0.25, 0.3) is 0 Å². The van der Waals surface area contributed by atoms with Gasteiger partial charge in [0, 0.05) is 6.04 Å². The molecule has 2 aliphatic rings. The van der Waals surface area contributed by atoms with Gasteiger partial charge in [-0.15, -0.1) is 0 Å². The van der Waals surface area contributed by atoms with Crippen molar-refractivity contribution >= 4 is 5.84 Å². The molecular weight excluding hydrogens is 202 g/mol. The van der Waals surface area contributed by atoms with Crippen molar-refractivity contribution < 1.29 is 5.21 Å². The summed E-state index contributed by atoms with van der Waals surface area (Å²) in [4.78, 5) is 0. The van der Waals surface area contributed by atoms with Gasteiger partial charge in [0.05, 0.1) is 6.54 Å². The molecule has 2 fully saturated rings. The Morgan fingerprint density at radius 3 is 2.69 bits per heavy atom. The molecule has 92 valence electrons. The molecule has 4 nitrogen and oxygen atoms in total. The summed E-state index contributed by atoms with van der Waals surface area (Å²) in [6, 6.07) is 0.471. The highest BCUT2D eigenvalue weighted by molar-refractivity contribution is 5.81. The number of hydrogen-bond donors (Lipinski definition) is 3. The second-order valence-corrected chi connectivity index (χ2v) is 6.32. The Labute approximate surface area is 97.3 Å². The Bertz CT molecular complexity index is 309. The molecule has 0 amide bonds. The van der Waals surface area contributed by atoms with Gasteiger partial charge in [-0.25, -0.2) is 0 Å². The molecule has 0 heterocycles. The smallest absolute Gasteiger partial charge is 0.153 e. The first kappa shape index (κ1) is 11.7. The van der Waals surface area contributed by atoms with Crippen molar-refractivity contribution in [1.29, 1.82) is 0 Å². The maximum atomic E-state index is 8.56. The van der Waals surface area contributed by atoms with E-state index in [1.54, 1.807) is 0 Å². The van der Waals surface area contributed by atoms with Crippen molar-refractivity contribution in [2.75, 3.05) is 6.54 Å². The van der Waals surface area contributed by atoms with E-state index >= 15 is 0 Å². The molecule has 2 rings (SSSR count). The minimum atomic E-state index is 0.266. The van der Waals surface area contributed by atoms with Gasteiger partial charge < -0.3 is 16.3 Å². The summed E-state index contributed by atoms with van der Waals surface area (Å²) in [5, 5.41) is 15.1. The molecule has 3 unspecified atom stereocenters. The van der Waals surface area contributed by atoms with Crippen LogP contribution in [0.3, 0.4) is 0 Å². The first-order chi connectivity index (χ1) is 7.40. The molecule has 0 aromatic heterocycles. The first-order valence-electron chi connectivity index (χ1n) is 6.10. The van der Waals surface area contributed by atoms with E-state index in [0.29, 0.717) is 23.4 Å². The topological polar surface area (TPSA) is 70.6 Å². The minimum Gasteiger partial charge on any atom is -0.409 e. The zero-order valence-electron chi connectivity index (χ0n) is 10.5. The van der Waals surface area contributed by atoms with E-state index in [9.17, 15) is 0 Å². The fourth-order valence-corrected chi connectivity index (χ4v) is 4.05. The summed E-state index contributed by atoms with van der Waals surface area (Å²) in [7, 11) is 0. The number of hydrogen-bond acceptors (Lipinski definition) is 3. The van der Waals surface area contributed by atoms with Crippen molar-refractivity contribution in [3.63, 3.8) is 0 Å². The number of nitrogens with two attached hydrogens (primary N) is 1. The van der Waals surface area contributed by atoms with Crippen molar-refractivity contribution in [3.05, 3.63) is 0 Å². The Hall–Kier alpha value is -0.770. The normalized spacial score (nSPS) is 41.6. The summed E-state index contributed by atoms with van der Waals surface area (Å²) in [5.74, 6) is 1.09. The molecule has 0 aromatic carbocycles. The number of fused-ring (bicyclic) bond motifs is 2. The second kappa shape index (κ2) is 3.62. The summed E-state index contributed by atoms with van der Waals surface area (Å²) < 4.78 is 0. The van der Waals surface area contributed by atoms with E-state index in [1.807, 2.05) is 0 Å². The average molecular weight is 225 g/mol. The third-order valence-corrected chi connectivity index (χ3v) is 4.89. The fourth-order valence-electron chi connectivity index (χ4n) is 4.05. The maximum absolute atomic E-state index is 8.56. The van der Waals surface area contributed by atoms with E-state index in [0.717, 1.165) is 5.92 Å². The molecule has 3 atom stereocenters. The van der Waals surface area contributed by atoms with Crippen molar-refractivity contribution in [2.45, 2.75) is 46.1 Å². The predicted molar refractivity (Wildman–Crippen MR) is 64.4 cm³/mol. The largest absolute Gasteiger partial charge is 0.409 e. The molecule has 2 saturated carbocycles. The van der Waals surface area contributed by atoms with Crippen LogP contribution in [0, 0.1) is 16.7 Å². The summed E-state index contributed by atoms with van der Waals surface area (Å²) >= 11 is 0. The summed E-state index contributed by atoms with van der Waals surface area (Å²) in [6.07, 6.45) is 3.97. The average Bonchev–Trinajstić information content (AvgIpc) is 2.68. The summed E-state index contributed by atoms with van der Waals surface area (Å²) in [5.41, 5.74) is 6.23. The monoisotopic (exact) mass is 225 g/mol. The fraction of sp³-hybridized carbons (Fsp3) is 0.917. The predicted octanol–water partition coefficient (Wildman–Crippen LogP) is 1.54. The van der Waals surface area contributed by atoms with Gasteiger partial charge in [0.15, 0.2) is 5.84 Å². The third-order valence-electron chi connectivity index (χ3n) is 4.89. The van der Waals surface area contributed by atoms with Gasteiger partial charge in [0.1, 0.15) is 0 Å². The van der Waals surface area contributed by atoms with Crippen LogP contribution in [0.1, 0.15) is 40.0 Å². The third kappa shape index (κ3) is 1.59. The Morgan fingerprint density at radius 1 is 1.50 bits per heavy atom. The minimum absolute atomic E-state index is 0.266. The van der Waals surface area contributed by atoms with Crippen LogP contribution in [0.15, 0.2) is 5.16 Å². The molecular formula is C12H23N3O. The number of oxime groups is 1. The van der Waals surface area contributed by atoms with Crippen LogP contribution in [0.2, 0.25) is 0 Å². The molecule has 0 saturated heterocycles. The molecule has 16 heavy (non-hydrogen) atoms. The van der Waals surface area contributed by atoms with E-state index in [2.05, 4.69) is 31.2 Å². The molecule has 0 spiro atoms. The Kier molecular flexibility index (Phi) is 2.65. The lowest BCUT2D eigenvalue weighted by Gasteiger charge is -2.43. The highest BCUT2D eigenvalue weighted by Gasteiger charge is 2.58. The number of amidine groups is 1. The van der Waals surface area contributed by atoms with Gasteiger partial charge >= 0.3 is 0 Å². The lowest BCUT2D eigenvalue weighted by molar-refractivity contribution is 0.113. The Balaban J connectivity index is 2.08. The zero-order valence-corrected chi connectivity index (χ0v) is 10.5. The van der Waals surface area contributed by atoms with E-state index in [1.165, 1.54) is 19.3 Å². The molecule has 4 N–H and O–H groups in total. The van der Waals surface area contributed by atoms with Crippen LogP contribution in [0.4, 0.5) is 0 Å². The van der Waals surface area contributed by atoms with Crippen LogP contribution in [-0.4, -0.2) is 23.6 Å². The van der Waals surface area contributed by atoms with Crippen LogP contribution in [-0.2, 0) is 0 Å². The van der Waals surface area contributed by atoms with Crippen LogP contribution in [0.25, 0.3) is 0 Å². The number of rotatable bonds is 3. The maximum Gasteiger partial charge on any atom is 0.153 e. The second-order valence-electron chi connectivity index (χ2n) is 6.32. The summed E-state index contributed by atoms with van der Waals surface area (Å²) in [6.45, 7) is 7.52. The van der Waals surface area contributed by atoms with Gasteiger partial charge in [-0.3, -0.25) is 0 Å². The SMILES string of the molecule is CC12CCC(C1)C(C)(C)C2NCC(N)=NO. The quantitative estimate of drug-likeness (QED) is 0.295. The first-order valence-corrected chi connectivity index (χ1v) is 6.10. The molecule has 4 heteroatoms. The highest BCUT2D eigenvalue weighted by atomic mass is 16.4. The standard InChI is InChI=1S/C12H23N3O/c1-11(2)8-4-5-12(3,6-8)10(11)14-7-9(13)15-16/h8,10,14,16H,4-7H2,1-3H3,(H2,13,15). The zero-order chi connectivity index (χ0) is 12.0. The molecule has 0 aromatic rings. The van der Waals surface area contributed by atoms with Gasteiger partial charge in [0.2, 0.25) is 0 Å². The van der Waals surface area contributed by atoms with E-state index in [4.69, 9.17) is 10.9 Å². The van der Waals surface area contributed by atoms with E-state index < -0.39 is 0 Å². The van der Waals surface area contributed by atoms with Crippen molar-refractivity contribution in [2.24, 2.45) is 27.6 Å². The van der Waals surface area contributed by atoms with Crippen molar-refractivity contribution in [1.82, 2.24) is 5.32 Å². The molecule has 2 bridgehead atoms. The number of nitrogens with zero attached hydrogens (tertiary/aromatic N) is 1. The highest BCUT2D eigenvalue weighted by Crippen LogP contribution is 2.62. The van der Waals surface area contributed by atoms with Gasteiger partial charge in [-0.05, 0) is 36.0 Å². The lowest BCUT2D eigenvalue weighted by Crippen LogP contribution is -2.52. The van der Waals surface area contributed by atoms with Crippen LogP contribution >= 0.6 is 0 Å². The van der Waals surface area contributed by atoms with E-state index in [-0.39, 0.29) is 5.84 Å². The Morgan fingerprint density at radius 2 is 2.19 bits per heavy atom. The molecule has 0 aliphatic heterocycles. The lowest BCUT2D eigenvalue weighted by atomic mass is 9.68. The molecule has 2 aliphatic carbocycles. The van der Waals surface area contributed by atoms with Crippen molar-refractivity contribution in [3.8, 4) is 0 Å². The van der Waals surface area contributed by atoms with Gasteiger partial charge in [-0.2, -0.15) is 0 Å². The van der Waals surface area contributed by atoms with Crippen LogP contribution in [0.5, 0.6) is 0 Å².